The number of carbonyl (C=O) groups excluding carboxylic acids is 1. The van der Waals surface area contributed by atoms with E-state index >= 15 is 0 Å². The van der Waals surface area contributed by atoms with E-state index in [-0.39, 0.29) is 18.0 Å². The zero-order chi connectivity index (χ0) is 18.3. The smallest absolute Gasteiger partial charge is 0.253 e. The van der Waals surface area contributed by atoms with E-state index in [1.54, 1.807) is 17.8 Å². The van der Waals surface area contributed by atoms with Crippen molar-refractivity contribution in [3.05, 3.63) is 56.3 Å². The standard InChI is InChI=1S/C18H21N5O2/c1-9-6-10(2)21-18(25)14(9)8-19-17(24)13-7-11(3)20-16-15(13)12(4)22-23(16)5/h6-7H,8H2,1-5H3,(H,19,24)(H,21,25). The van der Waals surface area contributed by atoms with Crippen molar-refractivity contribution in [3.8, 4) is 0 Å². The molecule has 3 aromatic rings. The lowest BCUT2D eigenvalue weighted by molar-refractivity contribution is 0.0952. The van der Waals surface area contributed by atoms with Crippen LogP contribution in [-0.2, 0) is 13.6 Å². The molecule has 0 atom stereocenters. The maximum absolute atomic E-state index is 12.7. The summed E-state index contributed by atoms with van der Waals surface area (Å²) in [5.41, 5.74) is 4.73. The van der Waals surface area contributed by atoms with Gasteiger partial charge >= 0.3 is 0 Å². The highest BCUT2D eigenvalue weighted by Gasteiger charge is 2.18. The van der Waals surface area contributed by atoms with Gasteiger partial charge in [-0.2, -0.15) is 5.10 Å². The van der Waals surface area contributed by atoms with Gasteiger partial charge in [0.15, 0.2) is 5.65 Å². The number of aryl methyl sites for hydroxylation is 5. The number of pyridine rings is 2. The van der Waals surface area contributed by atoms with Crippen molar-refractivity contribution in [3.63, 3.8) is 0 Å². The Hall–Kier alpha value is -2.96. The summed E-state index contributed by atoms with van der Waals surface area (Å²) in [6, 6.07) is 3.64. The van der Waals surface area contributed by atoms with E-state index in [9.17, 15) is 9.59 Å². The normalized spacial score (nSPS) is 11.1. The fourth-order valence-electron chi connectivity index (χ4n) is 3.11. The molecule has 0 saturated carbocycles. The molecule has 0 bridgehead atoms. The van der Waals surface area contributed by atoms with Crippen LogP contribution in [0.4, 0.5) is 0 Å². The third kappa shape index (κ3) is 3.05. The van der Waals surface area contributed by atoms with Crippen molar-refractivity contribution in [2.24, 2.45) is 7.05 Å². The van der Waals surface area contributed by atoms with Gasteiger partial charge in [-0.1, -0.05) is 0 Å². The van der Waals surface area contributed by atoms with E-state index in [4.69, 9.17) is 0 Å². The molecule has 3 aromatic heterocycles. The minimum Gasteiger partial charge on any atom is -0.348 e. The predicted molar refractivity (Wildman–Crippen MR) is 95.7 cm³/mol. The number of aromatic nitrogens is 4. The molecule has 0 saturated heterocycles. The van der Waals surface area contributed by atoms with Gasteiger partial charge in [0.2, 0.25) is 0 Å². The largest absolute Gasteiger partial charge is 0.348 e. The predicted octanol–water partition coefficient (Wildman–Crippen LogP) is 1.82. The molecule has 0 spiro atoms. The average molecular weight is 339 g/mol. The Morgan fingerprint density at radius 2 is 1.96 bits per heavy atom. The number of hydrogen-bond acceptors (Lipinski definition) is 4. The molecule has 0 aliphatic rings. The number of aromatic amines is 1. The monoisotopic (exact) mass is 339 g/mol. The van der Waals surface area contributed by atoms with Crippen molar-refractivity contribution in [1.29, 1.82) is 0 Å². The molecule has 7 nitrogen and oxygen atoms in total. The molecule has 0 unspecified atom stereocenters. The fourth-order valence-corrected chi connectivity index (χ4v) is 3.11. The van der Waals surface area contributed by atoms with Gasteiger partial charge < -0.3 is 10.3 Å². The van der Waals surface area contributed by atoms with Gasteiger partial charge in [0.05, 0.1) is 16.6 Å². The van der Waals surface area contributed by atoms with E-state index in [1.165, 1.54) is 0 Å². The lowest BCUT2D eigenvalue weighted by Crippen LogP contribution is -2.28. The van der Waals surface area contributed by atoms with Gasteiger partial charge in [0.1, 0.15) is 0 Å². The molecule has 0 aliphatic heterocycles. The second-order valence-corrected chi connectivity index (χ2v) is 6.34. The minimum atomic E-state index is -0.244. The maximum atomic E-state index is 12.7. The number of nitrogens with zero attached hydrogens (tertiary/aromatic N) is 3. The van der Waals surface area contributed by atoms with Crippen LogP contribution in [0.5, 0.6) is 0 Å². The first-order valence-electron chi connectivity index (χ1n) is 8.06. The summed E-state index contributed by atoms with van der Waals surface area (Å²) in [6.07, 6.45) is 0. The van der Waals surface area contributed by atoms with E-state index in [0.29, 0.717) is 16.8 Å². The summed E-state index contributed by atoms with van der Waals surface area (Å²) in [6.45, 7) is 7.56. The Morgan fingerprint density at radius 3 is 2.64 bits per heavy atom. The van der Waals surface area contributed by atoms with Crippen LogP contribution in [0, 0.1) is 27.7 Å². The van der Waals surface area contributed by atoms with Crippen LogP contribution in [0.25, 0.3) is 11.0 Å². The number of amides is 1. The molecule has 0 aromatic carbocycles. The van der Waals surface area contributed by atoms with Crippen LogP contribution in [0.15, 0.2) is 16.9 Å². The van der Waals surface area contributed by atoms with Crippen molar-refractivity contribution >= 4 is 16.9 Å². The Bertz CT molecular complexity index is 1050. The maximum Gasteiger partial charge on any atom is 0.253 e. The summed E-state index contributed by atoms with van der Waals surface area (Å²) in [5.74, 6) is -0.244. The van der Waals surface area contributed by atoms with Crippen LogP contribution in [0.1, 0.15) is 38.6 Å². The van der Waals surface area contributed by atoms with E-state index in [1.807, 2.05) is 33.8 Å². The van der Waals surface area contributed by atoms with Crippen LogP contribution in [0.3, 0.4) is 0 Å². The molecule has 3 heterocycles. The molecule has 7 heteroatoms. The lowest BCUT2D eigenvalue weighted by atomic mass is 10.1. The summed E-state index contributed by atoms with van der Waals surface area (Å²) in [5, 5.41) is 7.93. The van der Waals surface area contributed by atoms with Gasteiger partial charge in [-0.05, 0) is 45.4 Å². The van der Waals surface area contributed by atoms with Crippen molar-refractivity contribution in [2.75, 3.05) is 0 Å². The number of nitrogens with one attached hydrogen (secondary N) is 2. The Morgan fingerprint density at radius 1 is 1.24 bits per heavy atom. The topological polar surface area (TPSA) is 92.7 Å². The first kappa shape index (κ1) is 16.9. The van der Waals surface area contributed by atoms with Gasteiger partial charge in [-0.3, -0.25) is 14.3 Å². The summed E-state index contributed by atoms with van der Waals surface area (Å²) < 4.78 is 1.67. The number of rotatable bonds is 3. The molecule has 2 N–H and O–H groups in total. The van der Waals surface area contributed by atoms with Crippen molar-refractivity contribution in [1.82, 2.24) is 25.1 Å². The Balaban J connectivity index is 1.95. The molecular weight excluding hydrogens is 318 g/mol. The molecule has 130 valence electrons. The molecular formula is C18H21N5O2. The summed E-state index contributed by atoms with van der Waals surface area (Å²) >= 11 is 0. The van der Waals surface area contributed by atoms with Crippen molar-refractivity contribution < 1.29 is 4.79 Å². The highest BCUT2D eigenvalue weighted by atomic mass is 16.1. The van der Waals surface area contributed by atoms with Crippen LogP contribution < -0.4 is 10.9 Å². The molecule has 3 rings (SSSR count). The molecule has 0 fully saturated rings. The lowest BCUT2D eigenvalue weighted by Gasteiger charge is -2.10. The highest BCUT2D eigenvalue weighted by Crippen LogP contribution is 2.21. The molecule has 0 aliphatic carbocycles. The fraction of sp³-hybridized carbons (Fsp3) is 0.333. The number of carbonyl (C=O) groups is 1. The first-order valence-corrected chi connectivity index (χ1v) is 8.06. The minimum absolute atomic E-state index is 0.169. The molecule has 0 radical (unpaired) electrons. The van der Waals surface area contributed by atoms with Gasteiger partial charge in [0, 0.05) is 30.5 Å². The number of hydrogen-bond donors (Lipinski definition) is 2. The van der Waals surface area contributed by atoms with E-state index < -0.39 is 0 Å². The van der Waals surface area contributed by atoms with E-state index in [2.05, 4.69) is 20.4 Å². The van der Waals surface area contributed by atoms with Crippen molar-refractivity contribution in [2.45, 2.75) is 34.2 Å². The highest BCUT2D eigenvalue weighted by molar-refractivity contribution is 6.06. The summed E-state index contributed by atoms with van der Waals surface area (Å²) in [4.78, 5) is 32.1. The zero-order valence-electron chi connectivity index (χ0n) is 15.0. The third-order valence-electron chi connectivity index (χ3n) is 4.26. The van der Waals surface area contributed by atoms with Crippen LogP contribution in [-0.4, -0.2) is 25.7 Å². The average Bonchev–Trinajstić information content (AvgIpc) is 2.79. The van der Waals surface area contributed by atoms with Crippen LogP contribution in [0.2, 0.25) is 0 Å². The SMILES string of the molecule is Cc1cc(C(=O)NCc2c(C)cc(C)[nH]c2=O)c2c(C)nn(C)c2n1. The van der Waals surface area contributed by atoms with E-state index in [0.717, 1.165) is 28.0 Å². The third-order valence-corrected chi connectivity index (χ3v) is 4.26. The van der Waals surface area contributed by atoms with Gasteiger partial charge in [0.25, 0.3) is 11.5 Å². The van der Waals surface area contributed by atoms with Gasteiger partial charge in [-0.15, -0.1) is 0 Å². The molecule has 25 heavy (non-hydrogen) atoms. The second-order valence-electron chi connectivity index (χ2n) is 6.34. The number of H-pyrrole nitrogens is 1. The Labute approximate surface area is 145 Å². The molecule has 1 amide bonds. The number of fused-ring (bicyclic) bond motifs is 1. The zero-order valence-corrected chi connectivity index (χ0v) is 15.0. The summed E-state index contributed by atoms with van der Waals surface area (Å²) in [7, 11) is 1.80. The van der Waals surface area contributed by atoms with Gasteiger partial charge in [-0.25, -0.2) is 4.98 Å². The Kier molecular flexibility index (Phi) is 4.16. The quantitative estimate of drug-likeness (QED) is 0.761. The first-order chi connectivity index (χ1) is 11.8. The van der Waals surface area contributed by atoms with Crippen LogP contribution >= 0.6 is 0 Å². The second kappa shape index (κ2) is 6.16.